The van der Waals surface area contributed by atoms with Crippen molar-refractivity contribution in [1.82, 2.24) is 10.2 Å². The molecule has 1 fully saturated rings. The maximum absolute atomic E-state index is 12.3. The number of carbonyl (C=O) groups is 1. The van der Waals surface area contributed by atoms with E-state index in [9.17, 15) is 4.79 Å². The van der Waals surface area contributed by atoms with Crippen molar-refractivity contribution in [2.75, 3.05) is 31.2 Å². The van der Waals surface area contributed by atoms with Crippen LogP contribution in [-0.4, -0.2) is 48.3 Å². The van der Waals surface area contributed by atoms with E-state index in [0.717, 1.165) is 18.5 Å². The molecule has 6 heteroatoms. The highest BCUT2D eigenvalue weighted by Gasteiger charge is 2.29. The fourth-order valence-electron chi connectivity index (χ4n) is 2.71. The van der Waals surface area contributed by atoms with E-state index in [2.05, 4.69) is 61.1 Å². The van der Waals surface area contributed by atoms with Gasteiger partial charge in [-0.1, -0.05) is 0 Å². The first-order chi connectivity index (χ1) is 11.4. The van der Waals surface area contributed by atoms with E-state index in [1.807, 2.05) is 0 Å². The topological polar surface area (TPSA) is 68.2 Å². The normalized spacial score (nSPS) is 17.6. The molecule has 0 aliphatic carbocycles. The molecule has 0 bridgehead atoms. The first-order valence-corrected chi connectivity index (χ1v) is 9.50. The maximum atomic E-state index is 12.3. The second-order valence-electron chi connectivity index (χ2n) is 6.69. The zero-order chi connectivity index (χ0) is 17.6. The van der Waals surface area contributed by atoms with Crippen molar-refractivity contribution in [3.63, 3.8) is 0 Å². The van der Waals surface area contributed by atoms with Gasteiger partial charge in [-0.15, -0.1) is 11.8 Å². The van der Waals surface area contributed by atoms with E-state index in [1.165, 1.54) is 4.90 Å². The highest BCUT2D eigenvalue weighted by Crippen LogP contribution is 2.18. The summed E-state index contributed by atoms with van der Waals surface area (Å²) in [4.78, 5) is 15.2. The van der Waals surface area contributed by atoms with Crippen LogP contribution in [0, 0.1) is 11.3 Å². The minimum absolute atomic E-state index is 0.0106. The molecule has 24 heavy (non-hydrogen) atoms. The van der Waals surface area contributed by atoms with E-state index in [1.54, 1.807) is 16.7 Å². The molecule has 2 rings (SSSR count). The number of likely N-dealkylation sites (tertiary alicyclic amines) is 1. The number of nitriles is 1. The molecule has 0 aromatic heterocycles. The van der Waals surface area contributed by atoms with Crippen LogP contribution in [0.1, 0.15) is 26.7 Å². The Kier molecular flexibility index (Phi) is 6.52. The predicted molar refractivity (Wildman–Crippen MR) is 99.1 cm³/mol. The second-order valence-corrected chi connectivity index (χ2v) is 7.57. The summed E-state index contributed by atoms with van der Waals surface area (Å²) >= 11 is 1.72. The molecule has 2 N–H and O–H groups in total. The number of nitrogens with one attached hydrogen (secondary N) is 2. The number of nitrogens with zero attached hydrogens (tertiary/aromatic N) is 2. The van der Waals surface area contributed by atoms with Gasteiger partial charge in [-0.2, -0.15) is 5.26 Å². The number of hydrogen-bond donors (Lipinski definition) is 2. The van der Waals surface area contributed by atoms with Gasteiger partial charge in [-0.25, -0.2) is 0 Å². The van der Waals surface area contributed by atoms with E-state index in [4.69, 9.17) is 5.26 Å². The van der Waals surface area contributed by atoms with E-state index in [-0.39, 0.29) is 24.0 Å². The fraction of sp³-hybridized carbons (Fsp3) is 0.556. The number of rotatable bonds is 7. The van der Waals surface area contributed by atoms with Gasteiger partial charge in [-0.3, -0.25) is 4.79 Å². The van der Waals surface area contributed by atoms with E-state index in [0.29, 0.717) is 13.1 Å². The molecule has 0 radical (unpaired) electrons. The van der Waals surface area contributed by atoms with Crippen LogP contribution >= 0.6 is 11.8 Å². The molecule has 130 valence electrons. The van der Waals surface area contributed by atoms with Gasteiger partial charge in [0.25, 0.3) is 0 Å². The Morgan fingerprint density at radius 3 is 2.75 bits per heavy atom. The average molecular weight is 347 g/mol. The number of amides is 1. The Balaban J connectivity index is 1.80. The summed E-state index contributed by atoms with van der Waals surface area (Å²) < 4.78 is 0. The van der Waals surface area contributed by atoms with Crippen molar-refractivity contribution in [3.8, 4) is 6.07 Å². The Labute approximate surface area is 148 Å². The largest absolute Gasteiger partial charge is 0.383 e. The molecule has 1 amide bonds. The minimum Gasteiger partial charge on any atom is -0.383 e. The van der Waals surface area contributed by atoms with Crippen LogP contribution in [0.3, 0.4) is 0 Å². The summed E-state index contributed by atoms with van der Waals surface area (Å²) in [6, 6.07) is 10.3. The van der Waals surface area contributed by atoms with E-state index >= 15 is 0 Å². The van der Waals surface area contributed by atoms with Crippen LogP contribution in [0.5, 0.6) is 0 Å². The first kappa shape index (κ1) is 18.6. The van der Waals surface area contributed by atoms with Crippen molar-refractivity contribution < 1.29 is 4.79 Å². The zero-order valence-electron chi connectivity index (χ0n) is 14.6. The van der Waals surface area contributed by atoms with Crippen molar-refractivity contribution in [2.24, 2.45) is 0 Å². The molecule has 5 nitrogen and oxygen atoms in total. The number of hydrogen-bond acceptors (Lipinski definition) is 5. The lowest BCUT2D eigenvalue weighted by Gasteiger charge is -2.29. The molecular weight excluding hydrogens is 320 g/mol. The van der Waals surface area contributed by atoms with Crippen molar-refractivity contribution in [3.05, 3.63) is 24.3 Å². The highest BCUT2D eigenvalue weighted by molar-refractivity contribution is 7.98. The quantitative estimate of drug-likeness (QED) is 0.743. The van der Waals surface area contributed by atoms with Gasteiger partial charge in [-0.05, 0) is 57.2 Å². The van der Waals surface area contributed by atoms with Crippen LogP contribution < -0.4 is 10.6 Å². The Morgan fingerprint density at radius 1 is 1.42 bits per heavy atom. The molecule has 1 saturated heterocycles. The number of benzene rings is 1. The summed E-state index contributed by atoms with van der Waals surface area (Å²) in [6.45, 7) is 5.79. The molecule has 1 aliphatic heterocycles. The van der Waals surface area contributed by atoms with Gasteiger partial charge in [0.05, 0.1) is 12.6 Å². The lowest BCUT2D eigenvalue weighted by atomic mass is 10.1. The average Bonchev–Trinajstić information content (AvgIpc) is 3.07. The zero-order valence-corrected chi connectivity index (χ0v) is 15.4. The Bertz CT molecular complexity index is 594. The SMILES string of the molecule is CSc1ccc(NCC(C)(C)NCC(=O)N2CCC[C@H]2C#N)cc1. The summed E-state index contributed by atoms with van der Waals surface area (Å²) in [6.07, 6.45) is 3.77. The van der Waals surface area contributed by atoms with Crippen LogP contribution in [-0.2, 0) is 4.79 Å². The molecule has 0 saturated carbocycles. The molecule has 0 spiro atoms. The highest BCUT2D eigenvalue weighted by atomic mass is 32.2. The fourth-order valence-corrected chi connectivity index (χ4v) is 3.12. The summed E-state index contributed by atoms with van der Waals surface area (Å²) in [7, 11) is 0. The smallest absolute Gasteiger partial charge is 0.237 e. The number of carbonyl (C=O) groups excluding carboxylic acids is 1. The summed E-state index contributed by atoms with van der Waals surface area (Å²) in [5, 5.41) is 15.8. The standard InChI is InChI=1S/C18H26N4OS/c1-18(2,13-20-14-6-8-16(24-3)9-7-14)21-12-17(23)22-10-4-5-15(22)11-19/h6-9,15,20-21H,4-5,10,12-13H2,1-3H3/t15-/m0/s1. The van der Waals surface area contributed by atoms with Gasteiger partial charge < -0.3 is 15.5 Å². The Hall–Kier alpha value is -1.71. The van der Waals surface area contributed by atoms with Crippen LogP contribution in [0.2, 0.25) is 0 Å². The van der Waals surface area contributed by atoms with Gasteiger partial charge in [0.2, 0.25) is 5.91 Å². The molecule has 1 aromatic rings. The third kappa shape index (κ3) is 5.15. The second kappa shape index (κ2) is 8.41. The molecule has 0 unspecified atom stereocenters. The molecule has 1 heterocycles. The van der Waals surface area contributed by atoms with Gasteiger partial charge >= 0.3 is 0 Å². The van der Waals surface area contributed by atoms with Crippen molar-refractivity contribution >= 4 is 23.4 Å². The summed E-state index contributed by atoms with van der Waals surface area (Å²) in [5.41, 5.74) is 0.841. The molecular formula is C18H26N4OS. The number of thioether (sulfide) groups is 1. The lowest BCUT2D eigenvalue weighted by molar-refractivity contribution is -0.130. The molecule has 1 aromatic carbocycles. The van der Waals surface area contributed by atoms with Crippen LogP contribution in [0.15, 0.2) is 29.2 Å². The number of anilines is 1. The van der Waals surface area contributed by atoms with Crippen LogP contribution in [0.4, 0.5) is 5.69 Å². The molecule has 1 aliphatic rings. The lowest BCUT2D eigenvalue weighted by Crippen LogP contribution is -2.50. The Morgan fingerprint density at radius 2 is 2.12 bits per heavy atom. The van der Waals surface area contributed by atoms with Gasteiger partial charge in [0.1, 0.15) is 6.04 Å². The van der Waals surface area contributed by atoms with Gasteiger partial charge in [0.15, 0.2) is 0 Å². The third-order valence-corrected chi connectivity index (χ3v) is 5.01. The predicted octanol–water partition coefficient (Wildman–Crippen LogP) is 2.70. The van der Waals surface area contributed by atoms with E-state index < -0.39 is 0 Å². The third-order valence-electron chi connectivity index (χ3n) is 4.26. The van der Waals surface area contributed by atoms with Gasteiger partial charge in [0, 0.05) is 29.2 Å². The van der Waals surface area contributed by atoms with Crippen molar-refractivity contribution in [2.45, 2.75) is 43.2 Å². The first-order valence-electron chi connectivity index (χ1n) is 8.27. The minimum atomic E-state index is -0.254. The van der Waals surface area contributed by atoms with Crippen molar-refractivity contribution in [1.29, 1.82) is 5.26 Å². The summed E-state index contributed by atoms with van der Waals surface area (Å²) in [5.74, 6) is 0.0106. The maximum Gasteiger partial charge on any atom is 0.237 e. The van der Waals surface area contributed by atoms with Crippen LogP contribution in [0.25, 0.3) is 0 Å². The molecule has 1 atom stereocenters. The monoisotopic (exact) mass is 346 g/mol.